The number of pyridine rings is 1. The van der Waals surface area contributed by atoms with Crippen molar-refractivity contribution in [1.29, 1.82) is 0 Å². The highest BCUT2D eigenvalue weighted by Gasteiger charge is 2.18. The molecule has 1 atom stereocenters. The summed E-state index contributed by atoms with van der Waals surface area (Å²) in [6.07, 6.45) is 0.736. The molecule has 0 radical (unpaired) electrons. The Balaban J connectivity index is 2.23. The zero-order valence-corrected chi connectivity index (χ0v) is 14.0. The van der Waals surface area contributed by atoms with E-state index in [0.717, 1.165) is 23.5 Å². The molecule has 1 amide bonds. The molecule has 0 aliphatic carbocycles. The molecular weight excluding hydrogens is 290 g/mol. The van der Waals surface area contributed by atoms with E-state index < -0.39 is 0 Å². The Morgan fingerprint density at radius 2 is 1.96 bits per heavy atom. The van der Waals surface area contributed by atoms with Crippen molar-refractivity contribution in [3.63, 3.8) is 0 Å². The SMILES string of the molecule is CC[C@@H](NC(=O)c1cc(C(C)C)nc(N)n1)c1cccc(C)n1. The molecule has 0 spiro atoms. The number of nitrogens with one attached hydrogen (secondary N) is 1. The van der Waals surface area contributed by atoms with Crippen molar-refractivity contribution in [1.82, 2.24) is 20.3 Å². The highest BCUT2D eigenvalue weighted by atomic mass is 16.1. The van der Waals surface area contributed by atoms with E-state index in [2.05, 4.69) is 20.3 Å². The largest absolute Gasteiger partial charge is 0.368 e. The number of nitrogen functional groups attached to an aromatic ring is 1. The summed E-state index contributed by atoms with van der Waals surface area (Å²) in [5.41, 5.74) is 8.51. The van der Waals surface area contributed by atoms with Crippen LogP contribution in [-0.2, 0) is 0 Å². The normalized spacial score (nSPS) is 12.2. The molecule has 23 heavy (non-hydrogen) atoms. The molecule has 0 saturated heterocycles. The smallest absolute Gasteiger partial charge is 0.270 e. The van der Waals surface area contributed by atoms with Gasteiger partial charge in [0.2, 0.25) is 5.95 Å². The third-order valence-electron chi connectivity index (χ3n) is 3.57. The van der Waals surface area contributed by atoms with E-state index in [1.54, 1.807) is 6.07 Å². The second-order valence-corrected chi connectivity index (χ2v) is 5.83. The molecule has 2 aromatic rings. The molecule has 0 unspecified atom stereocenters. The third kappa shape index (κ3) is 4.25. The second-order valence-electron chi connectivity index (χ2n) is 5.83. The van der Waals surface area contributed by atoms with Crippen molar-refractivity contribution in [2.75, 3.05) is 5.73 Å². The van der Waals surface area contributed by atoms with E-state index >= 15 is 0 Å². The highest BCUT2D eigenvalue weighted by molar-refractivity contribution is 5.92. The topological polar surface area (TPSA) is 93.8 Å². The predicted octanol–water partition coefficient (Wildman–Crippen LogP) is 2.77. The molecule has 0 fully saturated rings. The number of rotatable bonds is 5. The number of hydrogen-bond donors (Lipinski definition) is 2. The molecular formula is C17H23N5O. The van der Waals surface area contributed by atoms with Crippen LogP contribution in [0, 0.1) is 6.92 Å². The van der Waals surface area contributed by atoms with Gasteiger partial charge < -0.3 is 11.1 Å². The van der Waals surface area contributed by atoms with Gasteiger partial charge in [0.1, 0.15) is 5.69 Å². The monoisotopic (exact) mass is 313 g/mol. The van der Waals surface area contributed by atoms with Crippen LogP contribution in [0.3, 0.4) is 0 Å². The van der Waals surface area contributed by atoms with E-state index in [1.807, 2.05) is 45.9 Å². The van der Waals surface area contributed by atoms with Crippen LogP contribution in [0.15, 0.2) is 24.3 Å². The summed E-state index contributed by atoms with van der Waals surface area (Å²) in [6.45, 7) is 7.92. The predicted molar refractivity (Wildman–Crippen MR) is 90.0 cm³/mol. The molecule has 6 heteroatoms. The fourth-order valence-electron chi connectivity index (χ4n) is 2.27. The van der Waals surface area contributed by atoms with Gasteiger partial charge in [0.25, 0.3) is 5.91 Å². The Morgan fingerprint density at radius 1 is 1.22 bits per heavy atom. The van der Waals surface area contributed by atoms with E-state index in [9.17, 15) is 4.79 Å². The minimum absolute atomic E-state index is 0.114. The highest BCUT2D eigenvalue weighted by Crippen LogP contribution is 2.17. The summed E-state index contributed by atoms with van der Waals surface area (Å²) < 4.78 is 0. The summed E-state index contributed by atoms with van der Waals surface area (Å²) in [5, 5.41) is 2.97. The molecule has 2 rings (SSSR count). The number of amides is 1. The van der Waals surface area contributed by atoms with Crippen LogP contribution in [0.25, 0.3) is 0 Å². The molecule has 6 nitrogen and oxygen atoms in total. The Bertz CT molecular complexity index is 699. The number of aryl methyl sites for hydroxylation is 1. The zero-order chi connectivity index (χ0) is 17.0. The molecule has 0 aromatic carbocycles. The van der Waals surface area contributed by atoms with Gasteiger partial charge in [-0.1, -0.05) is 26.8 Å². The van der Waals surface area contributed by atoms with Crippen LogP contribution >= 0.6 is 0 Å². The van der Waals surface area contributed by atoms with E-state index in [-0.39, 0.29) is 29.5 Å². The van der Waals surface area contributed by atoms with Gasteiger partial charge in [-0.25, -0.2) is 9.97 Å². The summed E-state index contributed by atoms with van der Waals surface area (Å²) >= 11 is 0. The maximum absolute atomic E-state index is 12.5. The Morgan fingerprint density at radius 3 is 2.57 bits per heavy atom. The Labute approximate surface area is 136 Å². The molecule has 2 heterocycles. The van der Waals surface area contributed by atoms with Crippen molar-refractivity contribution in [2.24, 2.45) is 0 Å². The molecule has 122 valence electrons. The van der Waals surface area contributed by atoms with Gasteiger partial charge in [0.05, 0.1) is 11.7 Å². The minimum Gasteiger partial charge on any atom is -0.368 e. The van der Waals surface area contributed by atoms with Crippen LogP contribution in [-0.4, -0.2) is 20.9 Å². The Hall–Kier alpha value is -2.50. The fraction of sp³-hybridized carbons (Fsp3) is 0.412. The lowest BCUT2D eigenvalue weighted by Gasteiger charge is -2.17. The summed E-state index contributed by atoms with van der Waals surface area (Å²) in [7, 11) is 0. The molecule has 0 bridgehead atoms. The van der Waals surface area contributed by atoms with Crippen molar-refractivity contribution < 1.29 is 4.79 Å². The van der Waals surface area contributed by atoms with Gasteiger partial charge in [0.15, 0.2) is 0 Å². The van der Waals surface area contributed by atoms with Gasteiger partial charge in [-0.2, -0.15) is 0 Å². The molecule has 0 aliphatic heterocycles. The second kappa shape index (κ2) is 7.17. The zero-order valence-electron chi connectivity index (χ0n) is 14.0. The number of carbonyl (C=O) groups excluding carboxylic acids is 1. The van der Waals surface area contributed by atoms with E-state index in [0.29, 0.717) is 0 Å². The van der Waals surface area contributed by atoms with Gasteiger partial charge >= 0.3 is 0 Å². The van der Waals surface area contributed by atoms with Gasteiger partial charge in [-0.15, -0.1) is 0 Å². The fourth-order valence-corrected chi connectivity index (χ4v) is 2.27. The average Bonchev–Trinajstić information content (AvgIpc) is 2.51. The lowest BCUT2D eigenvalue weighted by atomic mass is 10.1. The van der Waals surface area contributed by atoms with Crippen molar-refractivity contribution in [2.45, 2.75) is 46.1 Å². The van der Waals surface area contributed by atoms with Gasteiger partial charge in [-0.3, -0.25) is 9.78 Å². The third-order valence-corrected chi connectivity index (χ3v) is 3.57. The van der Waals surface area contributed by atoms with Crippen LogP contribution in [0.4, 0.5) is 5.95 Å². The summed E-state index contributed by atoms with van der Waals surface area (Å²) in [5.74, 6) is 0.0199. The first-order chi connectivity index (χ1) is 10.9. The first-order valence-electron chi connectivity index (χ1n) is 7.79. The first kappa shape index (κ1) is 16.9. The van der Waals surface area contributed by atoms with Gasteiger partial charge in [0, 0.05) is 11.4 Å². The van der Waals surface area contributed by atoms with Crippen LogP contribution in [0.2, 0.25) is 0 Å². The van der Waals surface area contributed by atoms with Crippen molar-refractivity contribution in [3.05, 3.63) is 47.0 Å². The minimum atomic E-state index is -0.267. The maximum Gasteiger partial charge on any atom is 0.270 e. The average molecular weight is 313 g/mol. The summed E-state index contributed by atoms with van der Waals surface area (Å²) in [6, 6.07) is 7.30. The van der Waals surface area contributed by atoms with E-state index in [4.69, 9.17) is 5.73 Å². The van der Waals surface area contributed by atoms with E-state index in [1.165, 1.54) is 0 Å². The number of hydrogen-bond acceptors (Lipinski definition) is 5. The first-order valence-corrected chi connectivity index (χ1v) is 7.79. The van der Waals surface area contributed by atoms with Crippen molar-refractivity contribution >= 4 is 11.9 Å². The standard InChI is InChI=1S/C17H23N5O/c1-5-12(13-8-6-7-11(4)19-13)20-16(23)15-9-14(10(2)3)21-17(18)22-15/h6-10,12H,5H2,1-4H3,(H,20,23)(H2,18,21,22)/t12-/m1/s1. The number of carbonyl (C=O) groups is 1. The molecule has 3 N–H and O–H groups in total. The lowest BCUT2D eigenvalue weighted by molar-refractivity contribution is 0.0929. The number of nitrogens with two attached hydrogens (primary N) is 1. The number of aromatic nitrogens is 3. The van der Waals surface area contributed by atoms with Crippen LogP contribution < -0.4 is 11.1 Å². The van der Waals surface area contributed by atoms with Crippen molar-refractivity contribution in [3.8, 4) is 0 Å². The number of anilines is 1. The quantitative estimate of drug-likeness (QED) is 0.885. The maximum atomic E-state index is 12.5. The summed E-state index contributed by atoms with van der Waals surface area (Å²) in [4.78, 5) is 25.2. The number of nitrogens with zero attached hydrogens (tertiary/aromatic N) is 3. The Kier molecular flexibility index (Phi) is 5.26. The molecule has 2 aromatic heterocycles. The lowest BCUT2D eigenvalue weighted by Crippen LogP contribution is -2.30. The van der Waals surface area contributed by atoms with Crippen LogP contribution in [0.5, 0.6) is 0 Å². The molecule has 0 aliphatic rings. The van der Waals surface area contributed by atoms with Crippen LogP contribution in [0.1, 0.15) is 66.7 Å². The van der Waals surface area contributed by atoms with Gasteiger partial charge in [-0.05, 0) is 37.5 Å². The molecule has 0 saturated carbocycles.